The number of amides is 1. The lowest BCUT2D eigenvalue weighted by atomic mass is 10.1. The fraction of sp³-hybridized carbons (Fsp3) is 0.304. The van der Waals surface area contributed by atoms with Crippen molar-refractivity contribution >= 4 is 40.1 Å². The van der Waals surface area contributed by atoms with Crippen LogP contribution in [0.4, 0.5) is 0 Å². The highest BCUT2D eigenvalue weighted by Gasteiger charge is 2.25. The number of carbonyl (C=O) groups is 1. The van der Waals surface area contributed by atoms with Gasteiger partial charge in [-0.2, -0.15) is 0 Å². The third-order valence-electron chi connectivity index (χ3n) is 5.34. The van der Waals surface area contributed by atoms with Crippen molar-refractivity contribution in [3.05, 3.63) is 74.1 Å². The number of carbonyl (C=O) groups excluding carboxylic acids is 1. The lowest BCUT2D eigenvalue weighted by Gasteiger charge is -2.34. The van der Waals surface area contributed by atoms with Crippen LogP contribution in [0.15, 0.2) is 51.7 Å². The number of nitrogens with zero attached hydrogens (tertiary/aromatic N) is 2. The van der Waals surface area contributed by atoms with E-state index >= 15 is 0 Å². The third kappa shape index (κ3) is 5.03. The SMILES string of the molecule is Cc1ccc(OCCN2CCN(C(=O)c3cc4cc(Cl)cc(Cl)c4oc3=O)CC2)cc1. The van der Waals surface area contributed by atoms with Crippen LogP contribution in [0.1, 0.15) is 15.9 Å². The topological polar surface area (TPSA) is 63.0 Å². The van der Waals surface area contributed by atoms with Gasteiger partial charge in [-0.15, -0.1) is 0 Å². The highest BCUT2D eigenvalue weighted by molar-refractivity contribution is 6.38. The molecule has 0 unspecified atom stereocenters. The van der Waals surface area contributed by atoms with Gasteiger partial charge in [0.2, 0.25) is 0 Å². The first-order chi connectivity index (χ1) is 14.9. The van der Waals surface area contributed by atoms with Crippen molar-refractivity contribution < 1.29 is 13.9 Å². The van der Waals surface area contributed by atoms with E-state index in [-0.39, 0.29) is 22.1 Å². The molecule has 162 valence electrons. The summed E-state index contributed by atoms with van der Waals surface area (Å²) in [5.41, 5.74) is 0.712. The standard InChI is InChI=1S/C23H22Cl2N2O4/c1-15-2-4-18(5-3-15)30-11-10-26-6-8-27(9-7-26)22(28)19-13-16-12-17(24)14-20(25)21(16)31-23(19)29/h2-5,12-14H,6-11H2,1H3. The lowest BCUT2D eigenvalue weighted by Crippen LogP contribution is -2.50. The van der Waals surface area contributed by atoms with E-state index in [4.69, 9.17) is 32.4 Å². The Morgan fingerprint density at radius 3 is 2.48 bits per heavy atom. The van der Waals surface area contributed by atoms with Gasteiger partial charge in [-0.05, 0) is 37.3 Å². The Hall–Kier alpha value is -2.54. The summed E-state index contributed by atoms with van der Waals surface area (Å²) in [6.07, 6.45) is 0. The second-order valence-corrected chi connectivity index (χ2v) is 8.39. The van der Waals surface area contributed by atoms with Gasteiger partial charge in [0.1, 0.15) is 17.9 Å². The lowest BCUT2D eigenvalue weighted by molar-refractivity contribution is 0.0616. The van der Waals surface area contributed by atoms with Crippen LogP contribution in [0.5, 0.6) is 5.75 Å². The van der Waals surface area contributed by atoms with Gasteiger partial charge in [-0.3, -0.25) is 9.69 Å². The molecule has 0 N–H and O–H groups in total. The maximum atomic E-state index is 12.9. The van der Waals surface area contributed by atoms with Crippen LogP contribution < -0.4 is 10.4 Å². The fourth-order valence-electron chi connectivity index (χ4n) is 3.58. The number of hydrogen-bond acceptors (Lipinski definition) is 5. The molecule has 31 heavy (non-hydrogen) atoms. The summed E-state index contributed by atoms with van der Waals surface area (Å²) in [5.74, 6) is 0.505. The number of benzene rings is 2. The first-order valence-electron chi connectivity index (χ1n) is 10.0. The van der Waals surface area contributed by atoms with E-state index < -0.39 is 5.63 Å². The highest BCUT2D eigenvalue weighted by Crippen LogP contribution is 2.27. The Kier molecular flexibility index (Phi) is 6.51. The second kappa shape index (κ2) is 9.30. The molecule has 1 aliphatic heterocycles. The fourth-order valence-corrected chi connectivity index (χ4v) is 4.13. The molecule has 0 saturated carbocycles. The Morgan fingerprint density at radius 2 is 1.77 bits per heavy atom. The molecule has 0 radical (unpaired) electrons. The highest BCUT2D eigenvalue weighted by atomic mass is 35.5. The van der Waals surface area contributed by atoms with Crippen LogP contribution in [-0.2, 0) is 0 Å². The molecule has 0 bridgehead atoms. The first kappa shape index (κ1) is 21.7. The molecule has 0 atom stereocenters. The zero-order valence-electron chi connectivity index (χ0n) is 17.1. The minimum atomic E-state index is -0.698. The molecule has 2 aromatic carbocycles. The van der Waals surface area contributed by atoms with Gasteiger partial charge in [0.25, 0.3) is 5.91 Å². The Morgan fingerprint density at radius 1 is 1.06 bits per heavy atom. The van der Waals surface area contributed by atoms with Crippen LogP contribution in [0.3, 0.4) is 0 Å². The molecular weight excluding hydrogens is 439 g/mol. The van der Waals surface area contributed by atoms with Crippen LogP contribution in [0.25, 0.3) is 11.0 Å². The number of piperazine rings is 1. The number of hydrogen-bond donors (Lipinski definition) is 0. The molecule has 8 heteroatoms. The Labute approximate surface area is 189 Å². The number of aryl methyl sites for hydroxylation is 1. The second-order valence-electron chi connectivity index (χ2n) is 7.55. The van der Waals surface area contributed by atoms with Crippen molar-refractivity contribution in [2.24, 2.45) is 0 Å². The molecule has 1 aliphatic rings. The van der Waals surface area contributed by atoms with Crippen molar-refractivity contribution in [2.45, 2.75) is 6.92 Å². The molecule has 0 spiro atoms. The van der Waals surface area contributed by atoms with Gasteiger partial charge in [-0.25, -0.2) is 4.79 Å². The van der Waals surface area contributed by atoms with Gasteiger partial charge in [-0.1, -0.05) is 40.9 Å². The quantitative estimate of drug-likeness (QED) is 0.532. The average Bonchev–Trinajstić information content (AvgIpc) is 2.75. The third-order valence-corrected chi connectivity index (χ3v) is 5.84. The summed E-state index contributed by atoms with van der Waals surface area (Å²) in [6.45, 7) is 5.85. The van der Waals surface area contributed by atoms with Crippen LogP contribution in [-0.4, -0.2) is 55.0 Å². The van der Waals surface area contributed by atoms with Crippen molar-refractivity contribution in [1.29, 1.82) is 0 Å². The average molecular weight is 461 g/mol. The van der Waals surface area contributed by atoms with E-state index in [1.807, 2.05) is 31.2 Å². The summed E-state index contributed by atoms with van der Waals surface area (Å²) in [7, 11) is 0. The van der Waals surface area contributed by atoms with E-state index in [1.54, 1.807) is 11.0 Å². The molecule has 1 amide bonds. The van der Waals surface area contributed by atoms with E-state index in [0.29, 0.717) is 43.2 Å². The van der Waals surface area contributed by atoms with Crippen molar-refractivity contribution in [3.63, 3.8) is 0 Å². The van der Waals surface area contributed by atoms with E-state index in [0.717, 1.165) is 12.3 Å². The van der Waals surface area contributed by atoms with Gasteiger partial charge in [0.15, 0.2) is 5.58 Å². The van der Waals surface area contributed by atoms with E-state index in [9.17, 15) is 9.59 Å². The van der Waals surface area contributed by atoms with Crippen LogP contribution in [0.2, 0.25) is 10.0 Å². The smallest absolute Gasteiger partial charge is 0.349 e. The Balaban J connectivity index is 1.35. The molecule has 4 rings (SSSR count). The van der Waals surface area contributed by atoms with E-state index in [1.165, 1.54) is 17.7 Å². The number of fused-ring (bicyclic) bond motifs is 1. The predicted molar refractivity (Wildman–Crippen MR) is 122 cm³/mol. The molecule has 3 aromatic rings. The Bertz CT molecular complexity index is 1150. The zero-order chi connectivity index (χ0) is 22.0. The van der Waals surface area contributed by atoms with Crippen LogP contribution in [0, 0.1) is 6.92 Å². The molecule has 1 fully saturated rings. The zero-order valence-corrected chi connectivity index (χ0v) is 18.6. The monoisotopic (exact) mass is 460 g/mol. The molecule has 1 aromatic heterocycles. The van der Waals surface area contributed by atoms with Crippen molar-refractivity contribution in [1.82, 2.24) is 9.80 Å². The molecule has 6 nitrogen and oxygen atoms in total. The molecule has 2 heterocycles. The molecule has 1 saturated heterocycles. The van der Waals surface area contributed by atoms with Gasteiger partial charge < -0.3 is 14.1 Å². The normalized spacial score (nSPS) is 14.7. The van der Waals surface area contributed by atoms with E-state index in [2.05, 4.69) is 4.90 Å². The summed E-state index contributed by atoms with van der Waals surface area (Å²) in [4.78, 5) is 29.2. The maximum Gasteiger partial charge on any atom is 0.349 e. The number of ether oxygens (including phenoxy) is 1. The first-order valence-corrected chi connectivity index (χ1v) is 10.8. The largest absolute Gasteiger partial charge is 0.492 e. The van der Waals surface area contributed by atoms with Crippen molar-refractivity contribution in [3.8, 4) is 5.75 Å². The summed E-state index contributed by atoms with van der Waals surface area (Å²) in [5, 5.41) is 1.17. The van der Waals surface area contributed by atoms with Gasteiger partial charge in [0.05, 0.1) is 5.02 Å². The number of rotatable bonds is 5. The molecular formula is C23H22Cl2N2O4. The summed E-state index contributed by atoms with van der Waals surface area (Å²) < 4.78 is 11.1. The van der Waals surface area contributed by atoms with Gasteiger partial charge >= 0.3 is 5.63 Å². The van der Waals surface area contributed by atoms with Gasteiger partial charge in [0, 0.05) is 43.1 Å². The maximum absolute atomic E-state index is 12.9. The van der Waals surface area contributed by atoms with Crippen molar-refractivity contribution in [2.75, 3.05) is 39.3 Å². The predicted octanol–water partition coefficient (Wildman–Crippen LogP) is 4.25. The summed E-state index contributed by atoms with van der Waals surface area (Å²) >= 11 is 12.1. The number of halogens is 2. The summed E-state index contributed by atoms with van der Waals surface area (Å²) in [6, 6.07) is 12.6. The minimum Gasteiger partial charge on any atom is -0.492 e. The van der Waals surface area contributed by atoms with Crippen LogP contribution >= 0.6 is 23.2 Å². The minimum absolute atomic E-state index is 0.0120. The molecule has 0 aliphatic carbocycles.